The zero-order valence-corrected chi connectivity index (χ0v) is 6.38. The molecule has 0 radical (unpaired) electrons. The first-order valence-electron chi connectivity index (χ1n) is 3.57. The van der Waals surface area contributed by atoms with Crippen molar-refractivity contribution in [3.63, 3.8) is 0 Å². The summed E-state index contributed by atoms with van der Waals surface area (Å²) >= 11 is 0. The first-order chi connectivity index (χ1) is 5.86. The molecule has 0 unspecified atom stereocenters. The minimum atomic E-state index is 0.432. The lowest BCUT2D eigenvalue weighted by Crippen LogP contribution is -1.98. The van der Waals surface area contributed by atoms with Crippen molar-refractivity contribution in [1.82, 2.24) is 14.5 Å². The molecule has 12 heavy (non-hydrogen) atoms. The third-order valence-electron chi connectivity index (χ3n) is 1.51. The van der Waals surface area contributed by atoms with Crippen LogP contribution >= 0.6 is 0 Å². The predicted molar refractivity (Wildman–Crippen MR) is 45.8 cm³/mol. The van der Waals surface area contributed by atoms with Crippen LogP contribution in [0.4, 0.5) is 5.82 Å². The molecule has 4 nitrogen and oxygen atoms in total. The molecule has 2 rings (SSSR count). The lowest BCUT2D eigenvalue weighted by molar-refractivity contribution is 0.988. The molecule has 2 aromatic heterocycles. The number of hydrogen-bond acceptors (Lipinski definition) is 3. The van der Waals surface area contributed by atoms with E-state index in [9.17, 15) is 0 Å². The van der Waals surface area contributed by atoms with E-state index < -0.39 is 0 Å². The lowest BCUT2D eigenvalue weighted by Gasteiger charge is -2.00. The Morgan fingerprint density at radius 2 is 1.92 bits per heavy atom. The van der Waals surface area contributed by atoms with Crippen molar-refractivity contribution in [1.29, 1.82) is 0 Å². The van der Waals surface area contributed by atoms with E-state index in [1.165, 1.54) is 6.20 Å². The summed E-state index contributed by atoms with van der Waals surface area (Å²) in [6, 6.07) is 3.84. The van der Waals surface area contributed by atoms with Crippen molar-refractivity contribution in [2.45, 2.75) is 0 Å². The Morgan fingerprint density at radius 1 is 1.17 bits per heavy atom. The first-order valence-corrected chi connectivity index (χ1v) is 3.57. The minimum absolute atomic E-state index is 0.432. The number of nitrogens with two attached hydrogens (primary N) is 1. The van der Waals surface area contributed by atoms with Crippen LogP contribution in [0.2, 0.25) is 0 Å². The fraction of sp³-hybridized carbons (Fsp3) is 0. The second-order valence-electron chi connectivity index (χ2n) is 2.39. The Labute approximate surface area is 69.7 Å². The van der Waals surface area contributed by atoms with Crippen LogP contribution < -0.4 is 5.73 Å². The van der Waals surface area contributed by atoms with Gasteiger partial charge in [0.15, 0.2) is 5.82 Å². The summed E-state index contributed by atoms with van der Waals surface area (Å²) in [4.78, 5) is 8.03. The van der Waals surface area contributed by atoms with Crippen LogP contribution in [0.1, 0.15) is 0 Å². The van der Waals surface area contributed by atoms with Gasteiger partial charge in [0, 0.05) is 12.4 Å². The van der Waals surface area contributed by atoms with Gasteiger partial charge in [-0.25, -0.2) is 4.98 Å². The molecule has 0 aliphatic heterocycles. The number of nitrogens with zero attached hydrogens (tertiary/aromatic N) is 3. The summed E-state index contributed by atoms with van der Waals surface area (Å²) in [5.41, 5.74) is 5.48. The zero-order valence-electron chi connectivity index (χ0n) is 6.38. The molecule has 0 aromatic carbocycles. The van der Waals surface area contributed by atoms with E-state index in [-0.39, 0.29) is 0 Å². The molecular formula is C8H8N4. The van der Waals surface area contributed by atoms with Crippen molar-refractivity contribution in [3.05, 3.63) is 36.9 Å². The summed E-state index contributed by atoms with van der Waals surface area (Å²) < 4.78 is 1.85. The third-order valence-corrected chi connectivity index (χ3v) is 1.51. The molecule has 0 saturated carbocycles. The zero-order chi connectivity index (χ0) is 8.39. The van der Waals surface area contributed by atoms with Crippen molar-refractivity contribution in [2.24, 2.45) is 0 Å². The van der Waals surface area contributed by atoms with Gasteiger partial charge >= 0.3 is 0 Å². The number of hydrogen-bond donors (Lipinski definition) is 1. The highest BCUT2D eigenvalue weighted by atomic mass is 15.1. The Hall–Kier alpha value is -1.84. The molecule has 2 N–H and O–H groups in total. The van der Waals surface area contributed by atoms with Gasteiger partial charge in [-0.1, -0.05) is 0 Å². The molecule has 0 aliphatic carbocycles. The van der Waals surface area contributed by atoms with Gasteiger partial charge in [0.1, 0.15) is 5.82 Å². The second kappa shape index (κ2) is 2.65. The van der Waals surface area contributed by atoms with Crippen molar-refractivity contribution in [2.75, 3.05) is 5.73 Å². The highest BCUT2D eigenvalue weighted by Crippen LogP contribution is 2.03. The number of rotatable bonds is 1. The molecule has 0 aliphatic rings. The van der Waals surface area contributed by atoms with Crippen LogP contribution in [0, 0.1) is 0 Å². The van der Waals surface area contributed by atoms with E-state index in [1.807, 2.05) is 29.1 Å². The van der Waals surface area contributed by atoms with E-state index >= 15 is 0 Å². The average Bonchev–Trinajstić information content (AvgIpc) is 2.56. The molecule has 2 heterocycles. The molecule has 0 bridgehead atoms. The highest BCUT2D eigenvalue weighted by molar-refractivity contribution is 5.30. The maximum absolute atomic E-state index is 5.48. The van der Waals surface area contributed by atoms with Gasteiger partial charge in [0.2, 0.25) is 0 Å². The van der Waals surface area contributed by atoms with Gasteiger partial charge in [-0.3, -0.25) is 4.98 Å². The van der Waals surface area contributed by atoms with E-state index in [1.54, 1.807) is 6.20 Å². The van der Waals surface area contributed by atoms with Crippen LogP contribution in [-0.4, -0.2) is 14.5 Å². The first kappa shape index (κ1) is 6.84. The van der Waals surface area contributed by atoms with Gasteiger partial charge < -0.3 is 10.3 Å². The van der Waals surface area contributed by atoms with Gasteiger partial charge in [-0.05, 0) is 12.1 Å². The fourth-order valence-corrected chi connectivity index (χ4v) is 0.982. The predicted octanol–water partition coefficient (Wildman–Crippen LogP) is 0.850. The normalized spacial score (nSPS) is 10.0. The Kier molecular flexibility index (Phi) is 1.51. The lowest BCUT2D eigenvalue weighted by atomic mass is 10.6. The van der Waals surface area contributed by atoms with E-state index in [4.69, 9.17) is 5.73 Å². The summed E-state index contributed by atoms with van der Waals surface area (Å²) in [6.45, 7) is 0. The van der Waals surface area contributed by atoms with Crippen LogP contribution in [0.15, 0.2) is 36.9 Å². The molecule has 0 saturated heterocycles. The van der Waals surface area contributed by atoms with Gasteiger partial charge in [-0.15, -0.1) is 0 Å². The monoisotopic (exact) mass is 160 g/mol. The van der Waals surface area contributed by atoms with Crippen LogP contribution in [0.25, 0.3) is 5.82 Å². The van der Waals surface area contributed by atoms with Crippen LogP contribution in [0.5, 0.6) is 0 Å². The van der Waals surface area contributed by atoms with E-state index in [0.29, 0.717) is 5.82 Å². The molecule has 0 amide bonds. The topological polar surface area (TPSA) is 56.7 Å². The van der Waals surface area contributed by atoms with Crippen molar-refractivity contribution in [3.8, 4) is 5.82 Å². The molecule has 0 spiro atoms. The van der Waals surface area contributed by atoms with Crippen LogP contribution in [-0.2, 0) is 0 Å². The summed E-state index contributed by atoms with van der Waals surface area (Å²) in [5, 5.41) is 0. The standard InChI is InChI=1S/C8H8N4/c9-7-5-10-6-8(11-7)12-3-1-2-4-12/h1-6H,(H2,9,11). The largest absolute Gasteiger partial charge is 0.382 e. The SMILES string of the molecule is Nc1cncc(-n2cccc2)n1. The maximum atomic E-state index is 5.48. The fourth-order valence-electron chi connectivity index (χ4n) is 0.982. The third kappa shape index (κ3) is 1.14. The number of anilines is 1. The summed E-state index contributed by atoms with van der Waals surface area (Å²) in [5.74, 6) is 1.17. The minimum Gasteiger partial charge on any atom is -0.382 e. The smallest absolute Gasteiger partial charge is 0.157 e. The quantitative estimate of drug-likeness (QED) is 0.672. The van der Waals surface area contributed by atoms with Crippen molar-refractivity contribution < 1.29 is 0 Å². The molecule has 2 aromatic rings. The maximum Gasteiger partial charge on any atom is 0.157 e. The number of nitrogen functional groups attached to an aromatic ring is 1. The molecular weight excluding hydrogens is 152 g/mol. The molecule has 4 heteroatoms. The Morgan fingerprint density at radius 3 is 2.58 bits per heavy atom. The van der Waals surface area contributed by atoms with E-state index in [2.05, 4.69) is 9.97 Å². The van der Waals surface area contributed by atoms with E-state index in [0.717, 1.165) is 5.82 Å². The summed E-state index contributed by atoms with van der Waals surface area (Å²) in [7, 11) is 0. The highest BCUT2D eigenvalue weighted by Gasteiger charge is 1.95. The summed E-state index contributed by atoms with van der Waals surface area (Å²) in [6.07, 6.45) is 6.97. The van der Waals surface area contributed by atoms with Gasteiger partial charge in [0.05, 0.1) is 12.4 Å². The molecule has 0 fully saturated rings. The average molecular weight is 160 g/mol. The Balaban J connectivity index is 2.48. The van der Waals surface area contributed by atoms with Crippen LogP contribution in [0.3, 0.4) is 0 Å². The molecule has 0 atom stereocenters. The second-order valence-corrected chi connectivity index (χ2v) is 2.39. The van der Waals surface area contributed by atoms with Gasteiger partial charge in [0.25, 0.3) is 0 Å². The van der Waals surface area contributed by atoms with Gasteiger partial charge in [-0.2, -0.15) is 0 Å². The van der Waals surface area contributed by atoms with Crippen molar-refractivity contribution >= 4 is 5.82 Å². The molecule has 60 valence electrons. The number of aromatic nitrogens is 3. The Bertz CT molecular complexity index is 366.